The van der Waals surface area contributed by atoms with Crippen molar-refractivity contribution in [1.82, 2.24) is 0 Å². The average Bonchev–Trinajstić information content (AvgIpc) is 2.56. The van der Waals surface area contributed by atoms with Crippen molar-refractivity contribution in [2.24, 2.45) is 0 Å². The molecule has 110 valence electrons. The zero-order valence-corrected chi connectivity index (χ0v) is 12.0. The number of hydrogen-bond donors (Lipinski definition) is 3. The van der Waals surface area contributed by atoms with Crippen LogP contribution < -0.4 is 0 Å². The predicted molar refractivity (Wildman–Crippen MR) is 66.6 cm³/mol. The maximum atomic E-state index is 13.5. The average molecular weight is 296 g/mol. The van der Waals surface area contributed by atoms with Gasteiger partial charge in [-0.1, -0.05) is 6.92 Å². The number of ether oxygens (including phenoxy) is 1. The molecule has 7 atom stereocenters. The number of hydrogen-bond acceptors (Lipinski definition) is 5. The second-order valence-corrected chi connectivity index (χ2v) is 6.97. The fourth-order valence-electron chi connectivity index (χ4n) is 1.88. The minimum absolute atomic E-state index is 0.158. The highest BCUT2D eigenvalue weighted by molar-refractivity contribution is 7.53. The van der Waals surface area contributed by atoms with Gasteiger partial charge in [0.1, 0.15) is 31.8 Å². The fraction of sp³-hybridized carbons (Fsp3) is 1.00. The Morgan fingerprint density at radius 3 is 2.47 bits per heavy atom. The Hall–Kier alpha value is 0.0249. The molecule has 0 aromatic heterocycles. The van der Waals surface area contributed by atoms with E-state index >= 15 is 0 Å². The zero-order chi connectivity index (χ0) is 15.0. The van der Waals surface area contributed by atoms with Gasteiger partial charge in [-0.2, -0.15) is 0 Å². The molecule has 3 N–H and O–H groups in total. The maximum Gasteiger partial charge on any atom is 0.356 e. The SMILES string of the molecule is [B][C@@H]1O[C@H](C(C)(CC)OP(=O)(O)C(C)O)[C@@H](O)[C@H]1F. The van der Waals surface area contributed by atoms with E-state index in [2.05, 4.69) is 0 Å². The number of alkyl halides is 1. The van der Waals surface area contributed by atoms with Crippen molar-refractivity contribution in [3.05, 3.63) is 0 Å². The van der Waals surface area contributed by atoms with Crippen molar-refractivity contribution in [3.8, 4) is 0 Å². The molecule has 1 aliphatic heterocycles. The zero-order valence-electron chi connectivity index (χ0n) is 11.1. The third kappa shape index (κ3) is 3.38. The summed E-state index contributed by atoms with van der Waals surface area (Å²) in [6.45, 7) is 4.12. The second-order valence-electron chi connectivity index (χ2n) is 4.91. The summed E-state index contributed by atoms with van der Waals surface area (Å²) in [4.78, 5) is 9.56. The smallest absolute Gasteiger partial charge is 0.356 e. The summed E-state index contributed by atoms with van der Waals surface area (Å²) in [5.41, 5.74) is -1.45. The Morgan fingerprint density at radius 1 is 1.63 bits per heavy atom. The Kier molecular flexibility index (Phi) is 5.21. The van der Waals surface area contributed by atoms with Gasteiger partial charge in [0.2, 0.25) is 0 Å². The standard InChI is InChI=1S/C10H19BFO6P/c1-4-10(3,18-19(15,16)5(2)13)8-7(14)6(12)9(11)17-8/h5-9,13-14H,4H2,1-3H3,(H,15,16)/t5?,6-,7+,8+,9-,10?/m1/s1. The lowest BCUT2D eigenvalue weighted by Gasteiger charge is -2.37. The van der Waals surface area contributed by atoms with Crippen molar-refractivity contribution >= 4 is 15.4 Å². The van der Waals surface area contributed by atoms with Crippen molar-refractivity contribution in [2.75, 3.05) is 0 Å². The van der Waals surface area contributed by atoms with Gasteiger partial charge in [-0.05, 0) is 20.3 Å². The highest BCUT2D eigenvalue weighted by Crippen LogP contribution is 2.52. The van der Waals surface area contributed by atoms with Crippen molar-refractivity contribution in [2.45, 2.75) is 63.0 Å². The number of rotatable bonds is 5. The van der Waals surface area contributed by atoms with E-state index < -0.39 is 43.4 Å². The Bertz CT molecular complexity index is 370. The second kappa shape index (κ2) is 5.80. The topological polar surface area (TPSA) is 96.2 Å². The molecule has 0 bridgehead atoms. The molecule has 6 nitrogen and oxygen atoms in total. The Morgan fingerprint density at radius 2 is 2.16 bits per heavy atom. The highest BCUT2D eigenvalue weighted by atomic mass is 31.2. The molecule has 0 spiro atoms. The summed E-state index contributed by atoms with van der Waals surface area (Å²) in [6, 6.07) is -1.32. The molecule has 1 aliphatic rings. The van der Waals surface area contributed by atoms with Crippen LogP contribution in [0.5, 0.6) is 0 Å². The Balaban J connectivity index is 2.96. The molecule has 0 aromatic carbocycles. The molecule has 1 rings (SSSR count). The van der Waals surface area contributed by atoms with Crippen LogP contribution >= 0.6 is 7.60 Å². The van der Waals surface area contributed by atoms with E-state index in [0.717, 1.165) is 6.92 Å². The first-order valence-corrected chi connectivity index (χ1v) is 7.64. The minimum Gasteiger partial charge on any atom is -0.387 e. The van der Waals surface area contributed by atoms with Crippen LogP contribution in [-0.2, 0) is 13.8 Å². The van der Waals surface area contributed by atoms with Crippen molar-refractivity contribution in [1.29, 1.82) is 0 Å². The summed E-state index contributed by atoms with van der Waals surface area (Å²) in [6.07, 6.45) is -4.40. The van der Waals surface area contributed by atoms with Gasteiger partial charge in [0.05, 0.1) is 6.00 Å². The molecular weight excluding hydrogens is 277 g/mol. The molecule has 3 unspecified atom stereocenters. The van der Waals surface area contributed by atoms with Gasteiger partial charge in [0.15, 0.2) is 5.85 Å². The van der Waals surface area contributed by atoms with Crippen LogP contribution in [0, 0.1) is 0 Å². The predicted octanol–water partition coefficient (Wildman–Crippen LogP) is 0.288. The van der Waals surface area contributed by atoms with E-state index in [1.54, 1.807) is 6.92 Å². The van der Waals surface area contributed by atoms with Crippen LogP contribution in [0.2, 0.25) is 0 Å². The molecule has 0 aliphatic carbocycles. The van der Waals surface area contributed by atoms with Gasteiger partial charge in [-0.3, -0.25) is 9.09 Å². The highest BCUT2D eigenvalue weighted by Gasteiger charge is 2.53. The number of aliphatic hydroxyl groups excluding tert-OH is 2. The third-order valence-corrected chi connectivity index (χ3v) is 4.99. The van der Waals surface area contributed by atoms with E-state index in [-0.39, 0.29) is 6.42 Å². The quantitative estimate of drug-likeness (QED) is 0.498. The first kappa shape index (κ1) is 17.1. The van der Waals surface area contributed by atoms with E-state index in [0.29, 0.717) is 0 Å². The summed E-state index contributed by atoms with van der Waals surface area (Å²) in [5.74, 6) is -1.60. The van der Waals surface area contributed by atoms with Crippen LogP contribution in [0.15, 0.2) is 0 Å². The van der Waals surface area contributed by atoms with E-state index in [1.165, 1.54) is 6.92 Å². The molecule has 0 amide bonds. The van der Waals surface area contributed by atoms with E-state index in [4.69, 9.17) is 17.1 Å². The lowest BCUT2D eigenvalue weighted by molar-refractivity contribution is -0.104. The van der Waals surface area contributed by atoms with Crippen LogP contribution in [0.3, 0.4) is 0 Å². The van der Waals surface area contributed by atoms with E-state index in [9.17, 15) is 24.1 Å². The first-order chi connectivity index (χ1) is 8.55. The van der Waals surface area contributed by atoms with E-state index in [1.807, 2.05) is 0 Å². The summed E-state index contributed by atoms with van der Waals surface area (Å²) in [7, 11) is 1.02. The number of halogens is 1. The summed E-state index contributed by atoms with van der Waals surface area (Å²) >= 11 is 0. The molecule has 0 saturated carbocycles. The van der Waals surface area contributed by atoms with Gasteiger partial charge in [-0.25, -0.2) is 4.39 Å². The molecule has 0 aromatic rings. The van der Waals surface area contributed by atoms with Gasteiger partial charge in [0, 0.05) is 0 Å². The monoisotopic (exact) mass is 296 g/mol. The van der Waals surface area contributed by atoms with Gasteiger partial charge >= 0.3 is 7.60 Å². The van der Waals surface area contributed by atoms with Crippen molar-refractivity contribution < 1.29 is 33.3 Å². The molecule has 2 radical (unpaired) electrons. The maximum absolute atomic E-state index is 13.5. The van der Waals surface area contributed by atoms with Crippen molar-refractivity contribution in [3.63, 3.8) is 0 Å². The third-order valence-electron chi connectivity index (χ3n) is 3.37. The minimum atomic E-state index is -4.32. The molecule has 1 heterocycles. The summed E-state index contributed by atoms with van der Waals surface area (Å²) < 4.78 is 35.3. The van der Waals surface area contributed by atoms with Crippen LogP contribution in [0.4, 0.5) is 4.39 Å². The molecule has 9 heteroatoms. The van der Waals surface area contributed by atoms with Gasteiger partial charge < -0.3 is 19.8 Å². The fourth-order valence-corrected chi connectivity index (χ4v) is 2.87. The lowest BCUT2D eigenvalue weighted by atomic mass is 9.89. The molecule has 19 heavy (non-hydrogen) atoms. The summed E-state index contributed by atoms with van der Waals surface area (Å²) in [5, 5.41) is 18.9. The van der Waals surface area contributed by atoms with Crippen LogP contribution in [-0.4, -0.2) is 58.8 Å². The van der Waals surface area contributed by atoms with Crippen LogP contribution in [0.1, 0.15) is 27.2 Å². The lowest BCUT2D eigenvalue weighted by Crippen LogP contribution is -2.48. The normalized spacial score (nSPS) is 39.5. The molecule has 1 fully saturated rings. The Labute approximate surface area is 112 Å². The molecule has 1 saturated heterocycles. The van der Waals surface area contributed by atoms with Crippen LogP contribution in [0.25, 0.3) is 0 Å². The van der Waals surface area contributed by atoms with Gasteiger partial charge in [0.25, 0.3) is 0 Å². The largest absolute Gasteiger partial charge is 0.387 e. The van der Waals surface area contributed by atoms with Gasteiger partial charge in [-0.15, -0.1) is 0 Å². The first-order valence-electron chi connectivity index (χ1n) is 5.99. The number of aliphatic hydroxyl groups is 2. The molecular formula is C10H19BFO6P.